The zero-order chi connectivity index (χ0) is 11.4. The Labute approximate surface area is 94.8 Å². The van der Waals surface area contributed by atoms with E-state index in [1.165, 1.54) is 0 Å². The van der Waals surface area contributed by atoms with Crippen LogP contribution in [0, 0.1) is 6.92 Å². The second-order valence-electron chi connectivity index (χ2n) is 3.56. The Kier molecular flexibility index (Phi) is 3.22. The van der Waals surface area contributed by atoms with Crippen molar-refractivity contribution >= 4 is 0 Å². The summed E-state index contributed by atoms with van der Waals surface area (Å²) in [4.78, 5) is 12.9. The number of hydrogen-bond donors (Lipinski definition) is 1. The van der Waals surface area contributed by atoms with Crippen LogP contribution in [0.4, 0.5) is 0 Å². The maximum atomic E-state index is 4.41. The first-order chi connectivity index (χ1) is 7.79. The largest absolute Gasteiger partial charge is 0.314 e. The standard InChI is InChI=1S/C12H14N4/c1-9-15-11(8-13-2)6-12(16-9)10-4-3-5-14-7-10/h3-7,13H,8H2,1-2H3. The normalized spacial score (nSPS) is 10.4. The van der Waals surface area contributed by atoms with Crippen LogP contribution in [0.3, 0.4) is 0 Å². The molecule has 1 N–H and O–H groups in total. The summed E-state index contributed by atoms with van der Waals surface area (Å²) in [6, 6.07) is 5.89. The van der Waals surface area contributed by atoms with Crippen LogP contribution in [0.5, 0.6) is 0 Å². The second-order valence-corrected chi connectivity index (χ2v) is 3.56. The van der Waals surface area contributed by atoms with Gasteiger partial charge in [-0.2, -0.15) is 0 Å². The summed E-state index contributed by atoms with van der Waals surface area (Å²) in [5, 5.41) is 3.08. The Bertz CT molecular complexity index is 468. The van der Waals surface area contributed by atoms with Crippen molar-refractivity contribution in [1.29, 1.82) is 0 Å². The molecule has 0 radical (unpaired) electrons. The van der Waals surface area contributed by atoms with Crippen molar-refractivity contribution in [2.75, 3.05) is 7.05 Å². The highest BCUT2D eigenvalue weighted by atomic mass is 14.9. The summed E-state index contributed by atoms with van der Waals surface area (Å²) >= 11 is 0. The van der Waals surface area contributed by atoms with Crippen molar-refractivity contribution in [3.63, 3.8) is 0 Å². The summed E-state index contributed by atoms with van der Waals surface area (Å²) < 4.78 is 0. The first-order valence-corrected chi connectivity index (χ1v) is 5.19. The van der Waals surface area contributed by atoms with Crippen molar-refractivity contribution in [1.82, 2.24) is 20.3 Å². The second kappa shape index (κ2) is 4.81. The molecule has 82 valence electrons. The molecule has 2 aromatic rings. The van der Waals surface area contributed by atoms with Crippen LogP contribution in [-0.2, 0) is 6.54 Å². The first kappa shape index (κ1) is 10.7. The Morgan fingerprint density at radius 1 is 1.31 bits per heavy atom. The molecule has 0 aromatic carbocycles. The number of aromatic nitrogens is 3. The fraction of sp³-hybridized carbons (Fsp3) is 0.250. The number of nitrogens with one attached hydrogen (secondary N) is 1. The highest BCUT2D eigenvalue weighted by Gasteiger charge is 2.03. The van der Waals surface area contributed by atoms with Crippen molar-refractivity contribution in [2.45, 2.75) is 13.5 Å². The van der Waals surface area contributed by atoms with E-state index in [-0.39, 0.29) is 0 Å². The van der Waals surface area contributed by atoms with E-state index in [1.54, 1.807) is 6.20 Å². The van der Waals surface area contributed by atoms with E-state index in [2.05, 4.69) is 20.3 Å². The first-order valence-electron chi connectivity index (χ1n) is 5.19. The minimum atomic E-state index is 0.747. The maximum Gasteiger partial charge on any atom is 0.126 e. The molecular weight excluding hydrogens is 200 g/mol. The molecule has 4 nitrogen and oxygen atoms in total. The highest BCUT2D eigenvalue weighted by molar-refractivity contribution is 5.57. The number of rotatable bonds is 3. The molecule has 0 aliphatic rings. The Morgan fingerprint density at radius 3 is 2.88 bits per heavy atom. The zero-order valence-corrected chi connectivity index (χ0v) is 9.44. The third-order valence-corrected chi connectivity index (χ3v) is 2.21. The van der Waals surface area contributed by atoms with Gasteiger partial charge in [-0.3, -0.25) is 4.98 Å². The van der Waals surface area contributed by atoms with Gasteiger partial charge >= 0.3 is 0 Å². The van der Waals surface area contributed by atoms with Gasteiger partial charge in [0.2, 0.25) is 0 Å². The molecule has 2 heterocycles. The summed E-state index contributed by atoms with van der Waals surface area (Å²) in [7, 11) is 1.90. The van der Waals surface area contributed by atoms with Crippen LogP contribution < -0.4 is 5.32 Å². The van der Waals surface area contributed by atoms with Gasteiger partial charge in [-0.25, -0.2) is 9.97 Å². The lowest BCUT2D eigenvalue weighted by molar-refractivity contribution is 0.779. The molecule has 16 heavy (non-hydrogen) atoms. The molecule has 0 aliphatic heterocycles. The van der Waals surface area contributed by atoms with E-state index in [1.807, 2.05) is 38.4 Å². The van der Waals surface area contributed by atoms with Crippen molar-refractivity contribution in [3.05, 3.63) is 42.1 Å². The molecule has 0 saturated heterocycles. The van der Waals surface area contributed by atoms with Gasteiger partial charge < -0.3 is 5.32 Å². The number of aryl methyl sites for hydroxylation is 1. The number of nitrogens with zero attached hydrogens (tertiary/aromatic N) is 3. The SMILES string of the molecule is CNCc1cc(-c2cccnc2)nc(C)n1. The lowest BCUT2D eigenvalue weighted by Gasteiger charge is -2.05. The third kappa shape index (κ3) is 2.41. The van der Waals surface area contributed by atoms with Gasteiger partial charge in [0.15, 0.2) is 0 Å². The lowest BCUT2D eigenvalue weighted by Crippen LogP contribution is -2.08. The van der Waals surface area contributed by atoms with Crippen molar-refractivity contribution in [2.24, 2.45) is 0 Å². The fourth-order valence-corrected chi connectivity index (χ4v) is 1.56. The fourth-order valence-electron chi connectivity index (χ4n) is 1.56. The van der Waals surface area contributed by atoms with Gasteiger partial charge in [-0.15, -0.1) is 0 Å². The molecule has 2 rings (SSSR count). The Hall–Kier alpha value is -1.81. The Balaban J connectivity index is 2.41. The van der Waals surface area contributed by atoms with Gasteiger partial charge in [0.25, 0.3) is 0 Å². The molecule has 0 aliphatic carbocycles. The predicted molar refractivity (Wildman–Crippen MR) is 62.8 cm³/mol. The van der Waals surface area contributed by atoms with Crippen LogP contribution in [0.2, 0.25) is 0 Å². The monoisotopic (exact) mass is 214 g/mol. The van der Waals surface area contributed by atoms with Crippen LogP contribution >= 0.6 is 0 Å². The van der Waals surface area contributed by atoms with Gasteiger partial charge in [0.1, 0.15) is 5.82 Å². The van der Waals surface area contributed by atoms with E-state index in [0.717, 1.165) is 29.3 Å². The molecule has 0 amide bonds. The minimum Gasteiger partial charge on any atom is -0.314 e. The summed E-state index contributed by atoms with van der Waals surface area (Å²) in [5.41, 5.74) is 2.94. The number of hydrogen-bond acceptors (Lipinski definition) is 4. The number of pyridine rings is 1. The molecule has 4 heteroatoms. The van der Waals surface area contributed by atoms with E-state index in [4.69, 9.17) is 0 Å². The third-order valence-electron chi connectivity index (χ3n) is 2.21. The topological polar surface area (TPSA) is 50.7 Å². The summed E-state index contributed by atoms with van der Waals surface area (Å²) in [6.45, 7) is 2.65. The molecule has 2 aromatic heterocycles. The van der Waals surface area contributed by atoms with Crippen LogP contribution in [0.1, 0.15) is 11.5 Å². The van der Waals surface area contributed by atoms with Crippen molar-refractivity contribution < 1.29 is 0 Å². The zero-order valence-electron chi connectivity index (χ0n) is 9.44. The quantitative estimate of drug-likeness (QED) is 0.842. The smallest absolute Gasteiger partial charge is 0.126 e. The average Bonchev–Trinajstić information content (AvgIpc) is 2.30. The molecule has 0 saturated carbocycles. The van der Waals surface area contributed by atoms with Gasteiger partial charge in [0, 0.05) is 24.5 Å². The molecular formula is C12H14N4. The molecule has 0 atom stereocenters. The van der Waals surface area contributed by atoms with Crippen molar-refractivity contribution in [3.8, 4) is 11.3 Å². The molecule has 0 fully saturated rings. The van der Waals surface area contributed by atoms with Crippen LogP contribution in [0.15, 0.2) is 30.6 Å². The molecule has 0 bridgehead atoms. The van der Waals surface area contributed by atoms with Gasteiger partial charge in [-0.1, -0.05) is 0 Å². The summed E-state index contributed by atoms with van der Waals surface area (Å²) in [6.07, 6.45) is 3.57. The lowest BCUT2D eigenvalue weighted by atomic mass is 10.2. The minimum absolute atomic E-state index is 0.747. The van der Waals surface area contributed by atoms with E-state index in [0.29, 0.717) is 0 Å². The average molecular weight is 214 g/mol. The Morgan fingerprint density at radius 2 is 2.19 bits per heavy atom. The van der Waals surface area contributed by atoms with Crippen LogP contribution in [-0.4, -0.2) is 22.0 Å². The van der Waals surface area contributed by atoms with E-state index in [9.17, 15) is 0 Å². The molecule has 0 spiro atoms. The maximum absolute atomic E-state index is 4.41. The molecule has 0 unspecified atom stereocenters. The van der Waals surface area contributed by atoms with Gasteiger partial charge in [0.05, 0.1) is 11.4 Å². The van der Waals surface area contributed by atoms with Crippen LogP contribution in [0.25, 0.3) is 11.3 Å². The summed E-state index contributed by atoms with van der Waals surface area (Å²) in [5.74, 6) is 0.784. The van der Waals surface area contributed by atoms with E-state index < -0.39 is 0 Å². The van der Waals surface area contributed by atoms with E-state index >= 15 is 0 Å². The predicted octanol–water partition coefficient (Wildman–Crippen LogP) is 1.57. The van der Waals surface area contributed by atoms with Gasteiger partial charge in [-0.05, 0) is 32.2 Å². The highest BCUT2D eigenvalue weighted by Crippen LogP contribution is 2.16.